The SMILES string of the molecule is c1ccc(-c2nc(-c3ccc(-c4ccc(-c5ccc(-c6ccc(-c7nc(-c8ccccc8)nc(-c8cccc(-c9ccc%10c(c9)C(c9ccccc9)(c9ccccc9)c9ccccc9-%10)c8)n7)cc6)cc5)cc4)cc3)nc(-c3ccc(-c4ccc5c(c4)C(c4ccccc4)(c4ccccc4)c4ccccc4-5)cc3)n2)cc1. The first-order chi connectivity index (χ1) is 54.5. The van der Waals surface area contributed by atoms with E-state index in [4.69, 9.17) is 29.9 Å². The average Bonchev–Trinajstić information content (AvgIpc) is 1.54. The number of hydrogen-bond donors (Lipinski definition) is 0. The number of hydrogen-bond acceptors (Lipinski definition) is 6. The maximum absolute atomic E-state index is 5.24. The molecule has 0 bridgehead atoms. The van der Waals surface area contributed by atoms with Crippen LogP contribution in [0.5, 0.6) is 0 Å². The Morgan fingerprint density at radius 2 is 0.327 bits per heavy atom. The van der Waals surface area contributed by atoms with Crippen LogP contribution in [0.2, 0.25) is 0 Å². The van der Waals surface area contributed by atoms with Gasteiger partial charge in [0.1, 0.15) is 0 Å². The Bertz CT molecular complexity index is 6360. The molecule has 0 N–H and O–H groups in total. The molecule has 0 fully saturated rings. The maximum Gasteiger partial charge on any atom is 0.164 e. The van der Waals surface area contributed by atoms with Crippen LogP contribution in [0.25, 0.3) is 146 Å². The first-order valence-electron chi connectivity index (χ1n) is 37.5. The van der Waals surface area contributed by atoms with Crippen LogP contribution in [0, 0.1) is 0 Å². The van der Waals surface area contributed by atoms with E-state index < -0.39 is 10.8 Å². The lowest BCUT2D eigenvalue weighted by Gasteiger charge is -2.34. The van der Waals surface area contributed by atoms with Gasteiger partial charge in [0.15, 0.2) is 34.9 Å². The van der Waals surface area contributed by atoms with Crippen LogP contribution in [-0.2, 0) is 10.8 Å². The molecule has 18 aromatic rings. The Kier molecular flexibility index (Phi) is 16.3. The van der Waals surface area contributed by atoms with Crippen molar-refractivity contribution >= 4 is 0 Å². The minimum absolute atomic E-state index is 0.485. The van der Waals surface area contributed by atoms with Crippen molar-refractivity contribution in [1.29, 1.82) is 0 Å². The highest BCUT2D eigenvalue weighted by Crippen LogP contribution is 2.59. The molecule has 20 rings (SSSR count). The van der Waals surface area contributed by atoms with E-state index in [-0.39, 0.29) is 0 Å². The Balaban J connectivity index is 0.547. The zero-order valence-electron chi connectivity index (χ0n) is 59.9. The third-order valence-electron chi connectivity index (χ3n) is 22.2. The van der Waals surface area contributed by atoms with Gasteiger partial charge in [0.25, 0.3) is 0 Å². The predicted molar refractivity (Wildman–Crippen MR) is 448 cm³/mol. The Labute approximate surface area is 639 Å². The van der Waals surface area contributed by atoms with Crippen LogP contribution in [0.15, 0.2) is 413 Å². The van der Waals surface area contributed by atoms with Crippen LogP contribution >= 0.6 is 0 Å². The molecule has 2 heterocycles. The van der Waals surface area contributed by atoms with Gasteiger partial charge < -0.3 is 0 Å². The highest BCUT2D eigenvalue weighted by molar-refractivity contribution is 5.91. The van der Waals surface area contributed by atoms with Gasteiger partial charge in [-0.2, -0.15) is 0 Å². The van der Waals surface area contributed by atoms with Gasteiger partial charge in [-0.15, -0.1) is 0 Å². The monoisotopic (exact) mass is 1400 g/mol. The lowest BCUT2D eigenvalue weighted by Crippen LogP contribution is -2.28. The predicted octanol–water partition coefficient (Wildman–Crippen LogP) is 25.1. The minimum atomic E-state index is -0.508. The molecule has 0 atom stereocenters. The molecule has 110 heavy (non-hydrogen) atoms. The van der Waals surface area contributed by atoms with E-state index in [0.717, 1.165) is 89.0 Å². The molecule has 0 unspecified atom stereocenters. The fraction of sp³-hybridized carbons (Fsp3) is 0.0192. The lowest BCUT2D eigenvalue weighted by atomic mass is 9.67. The molecule has 2 aromatic heterocycles. The average molecular weight is 1400 g/mol. The zero-order chi connectivity index (χ0) is 73.0. The van der Waals surface area contributed by atoms with Crippen molar-refractivity contribution in [3.05, 3.63) is 457 Å². The van der Waals surface area contributed by atoms with Gasteiger partial charge in [0, 0.05) is 33.4 Å². The molecule has 0 aliphatic heterocycles. The Hall–Kier alpha value is -14.5. The molecule has 0 spiro atoms. The van der Waals surface area contributed by atoms with Gasteiger partial charge in [-0.05, 0) is 141 Å². The second kappa shape index (κ2) is 27.5. The summed E-state index contributed by atoms with van der Waals surface area (Å²) in [7, 11) is 0. The number of fused-ring (bicyclic) bond motifs is 6. The standard InChI is InChI=1S/C104H68N6/c1-7-24-76(25-8-1)97-105-99(108-100(106-97)80-60-54-75(55-61-80)82-62-64-91-89-38-19-21-40-93(89)103(95(91)67-82,85-30-11-3-12-31-85)86-32-13-4-14-33-86)78-56-50-73(51-57-78)71-46-42-69(43-47-71)70-44-48-72(49-45-70)74-52-58-79(59-53-74)101-107-98(77-26-9-2-10-27-77)109-102(110-101)84-29-23-28-81(66-84)83-63-65-92-90-39-20-22-41-94(90)104(96(92)68-83,87-34-15-5-16-35-87)88-36-17-6-18-37-88/h1-68H. The maximum atomic E-state index is 5.24. The summed E-state index contributed by atoms with van der Waals surface area (Å²) in [5, 5.41) is 0. The molecule has 6 heteroatoms. The van der Waals surface area contributed by atoms with Crippen LogP contribution in [0.3, 0.4) is 0 Å². The minimum Gasteiger partial charge on any atom is -0.208 e. The zero-order valence-corrected chi connectivity index (χ0v) is 59.9. The van der Waals surface area contributed by atoms with E-state index in [9.17, 15) is 0 Å². The van der Waals surface area contributed by atoms with Crippen LogP contribution in [0.1, 0.15) is 44.5 Å². The molecule has 16 aromatic carbocycles. The first kappa shape index (κ1) is 65.1. The molecule has 2 aliphatic rings. The van der Waals surface area contributed by atoms with E-state index in [1.807, 2.05) is 36.4 Å². The van der Waals surface area contributed by atoms with Crippen LogP contribution < -0.4 is 0 Å². The Morgan fingerprint density at radius 3 is 0.645 bits per heavy atom. The molecule has 6 nitrogen and oxygen atoms in total. The van der Waals surface area contributed by atoms with Crippen molar-refractivity contribution in [2.24, 2.45) is 0 Å². The van der Waals surface area contributed by atoms with Gasteiger partial charge in [0.05, 0.1) is 10.8 Å². The van der Waals surface area contributed by atoms with Crippen LogP contribution in [-0.4, -0.2) is 29.9 Å². The fourth-order valence-corrected chi connectivity index (χ4v) is 16.9. The fourth-order valence-electron chi connectivity index (χ4n) is 16.9. The summed E-state index contributed by atoms with van der Waals surface area (Å²) < 4.78 is 0. The third-order valence-corrected chi connectivity index (χ3v) is 22.2. The van der Waals surface area contributed by atoms with E-state index in [1.165, 1.54) is 66.8 Å². The van der Waals surface area contributed by atoms with E-state index in [0.29, 0.717) is 34.9 Å². The molecule has 2 aliphatic carbocycles. The Morgan fingerprint density at radius 1 is 0.127 bits per heavy atom. The number of nitrogens with zero attached hydrogens (tertiary/aromatic N) is 6. The van der Waals surface area contributed by atoms with Crippen LogP contribution in [0.4, 0.5) is 0 Å². The topological polar surface area (TPSA) is 77.3 Å². The largest absolute Gasteiger partial charge is 0.208 e. The van der Waals surface area contributed by atoms with Gasteiger partial charge in [-0.25, -0.2) is 29.9 Å². The summed E-state index contributed by atoms with van der Waals surface area (Å²) in [4.78, 5) is 30.9. The molecule has 0 saturated heterocycles. The number of rotatable bonds is 15. The van der Waals surface area contributed by atoms with Gasteiger partial charge in [-0.1, -0.05) is 394 Å². The smallest absolute Gasteiger partial charge is 0.164 e. The van der Waals surface area contributed by atoms with Crippen molar-refractivity contribution in [3.63, 3.8) is 0 Å². The normalized spacial score (nSPS) is 12.7. The number of benzene rings is 16. The summed E-state index contributed by atoms with van der Waals surface area (Å²) in [6.07, 6.45) is 0. The van der Waals surface area contributed by atoms with Crippen molar-refractivity contribution in [3.8, 4) is 146 Å². The molecule has 514 valence electrons. The van der Waals surface area contributed by atoms with Crippen molar-refractivity contribution < 1.29 is 0 Å². The van der Waals surface area contributed by atoms with E-state index in [2.05, 4.69) is 376 Å². The van der Waals surface area contributed by atoms with Gasteiger partial charge in [-0.3, -0.25) is 0 Å². The highest BCUT2D eigenvalue weighted by Gasteiger charge is 2.48. The second-order valence-corrected chi connectivity index (χ2v) is 28.4. The molecular formula is C104H68N6. The second-order valence-electron chi connectivity index (χ2n) is 28.4. The van der Waals surface area contributed by atoms with E-state index in [1.54, 1.807) is 0 Å². The van der Waals surface area contributed by atoms with Gasteiger partial charge >= 0.3 is 0 Å². The molecule has 0 amide bonds. The summed E-state index contributed by atoms with van der Waals surface area (Å²) in [6, 6.07) is 148. The summed E-state index contributed by atoms with van der Waals surface area (Å²) in [5.41, 5.74) is 30.7. The van der Waals surface area contributed by atoms with Gasteiger partial charge in [0.2, 0.25) is 0 Å². The first-order valence-corrected chi connectivity index (χ1v) is 37.5. The highest BCUT2D eigenvalue weighted by atomic mass is 15.0. The quantitative estimate of drug-likeness (QED) is 0.102. The third kappa shape index (κ3) is 11.4. The molecule has 0 saturated carbocycles. The van der Waals surface area contributed by atoms with Crippen molar-refractivity contribution in [1.82, 2.24) is 29.9 Å². The summed E-state index contributed by atoms with van der Waals surface area (Å²) in [5.74, 6) is 3.66. The molecule has 0 radical (unpaired) electrons. The van der Waals surface area contributed by atoms with Crippen molar-refractivity contribution in [2.45, 2.75) is 10.8 Å². The van der Waals surface area contributed by atoms with E-state index >= 15 is 0 Å². The lowest BCUT2D eigenvalue weighted by molar-refractivity contribution is 0.769. The summed E-state index contributed by atoms with van der Waals surface area (Å²) >= 11 is 0. The molecular weight excluding hydrogens is 1330 g/mol. The number of aromatic nitrogens is 6. The van der Waals surface area contributed by atoms with Crippen molar-refractivity contribution in [2.75, 3.05) is 0 Å². The summed E-state index contributed by atoms with van der Waals surface area (Å²) in [6.45, 7) is 0.